The first-order valence-corrected chi connectivity index (χ1v) is 9.40. The molecule has 1 heterocycles. The maximum atomic E-state index is 12.9. The van der Waals surface area contributed by atoms with Crippen LogP contribution in [0, 0.1) is 0 Å². The van der Waals surface area contributed by atoms with Gasteiger partial charge < -0.3 is 4.90 Å². The molecular formula is C20H16Cl2N2O3. The molecule has 1 aliphatic carbocycles. The van der Waals surface area contributed by atoms with E-state index in [0.29, 0.717) is 6.54 Å². The molecule has 0 bridgehead atoms. The summed E-state index contributed by atoms with van der Waals surface area (Å²) in [5, 5.41) is 0.404. The van der Waals surface area contributed by atoms with Crippen molar-refractivity contribution in [2.45, 2.75) is 25.4 Å². The summed E-state index contributed by atoms with van der Waals surface area (Å²) in [4.78, 5) is 40.8. The van der Waals surface area contributed by atoms with Crippen LogP contribution in [0.4, 0.5) is 0 Å². The molecule has 0 atom stereocenters. The van der Waals surface area contributed by atoms with E-state index in [4.69, 9.17) is 23.2 Å². The van der Waals surface area contributed by atoms with E-state index in [1.165, 1.54) is 12.1 Å². The fourth-order valence-corrected chi connectivity index (χ4v) is 3.57. The molecule has 4 rings (SSSR count). The zero-order valence-electron chi connectivity index (χ0n) is 14.3. The van der Waals surface area contributed by atoms with Crippen molar-refractivity contribution < 1.29 is 14.4 Å². The third-order valence-electron chi connectivity index (χ3n) is 4.81. The second-order valence-electron chi connectivity index (χ2n) is 6.75. The Kier molecular flexibility index (Phi) is 4.66. The SMILES string of the molecule is O=C1c2cc(Cl)c(Cl)cc2C(=O)N1CC(=O)N(Cc1ccccc1)C1CC1. The summed E-state index contributed by atoms with van der Waals surface area (Å²) in [7, 11) is 0. The molecule has 1 fully saturated rings. The Labute approximate surface area is 166 Å². The van der Waals surface area contributed by atoms with Gasteiger partial charge in [0.1, 0.15) is 6.54 Å². The Hall–Kier alpha value is -2.37. The summed E-state index contributed by atoms with van der Waals surface area (Å²) in [5.41, 5.74) is 1.38. The zero-order chi connectivity index (χ0) is 19.1. The van der Waals surface area contributed by atoms with Crippen LogP contribution >= 0.6 is 23.2 Å². The average molecular weight is 403 g/mol. The number of imide groups is 1. The van der Waals surface area contributed by atoms with Crippen molar-refractivity contribution in [2.75, 3.05) is 6.54 Å². The molecule has 5 nitrogen and oxygen atoms in total. The summed E-state index contributed by atoms with van der Waals surface area (Å²) < 4.78 is 0. The Morgan fingerprint density at radius 3 is 2.07 bits per heavy atom. The number of fused-ring (bicyclic) bond motifs is 1. The van der Waals surface area contributed by atoms with E-state index in [-0.39, 0.29) is 39.7 Å². The third-order valence-corrected chi connectivity index (χ3v) is 5.53. The van der Waals surface area contributed by atoms with Gasteiger partial charge in [-0.05, 0) is 30.5 Å². The van der Waals surface area contributed by atoms with Gasteiger partial charge >= 0.3 is 0 Å². The Bertz CT molecular complexity index is 901. The number of halogens is 2. The molecule has 27 heavy (non-hydrogen) atoms. The van der Waals surface area contributed by atoms with E-state index < -0.39 is 11.8 Å². The van der Waals surface area contributed by atoms with Crippen LogP contribution in [-0.4, -0.2) is 40.1 Å². The summed E-state index contributed by atoms with van der Waals surface area (Å²) in [6, 6.07) is 12.6. The second kappa shape index (κ2) is 6.98. The van der Waals surface area contributed by atoms with Gasteiger partial charge in [0.15, 0.2) is 0 Å². The van der Waals surface area contributed by atoms with Gasteiger partial charge in [-0.15, -0.1) is 0 Å². The van der Waals surface area contributed by atoms with Crippen LogP contribution in [0.1, 0.15) is 39.1 Å². The fourth-order valence-electron chi connectivity index (χ4n) is 3.24. The van der Waals surface area contributed by atoms with E-state index in [0.717, 1.165) is 23.3 Å². The first-order chi connectivity index (χ1) is 13.0. The molecule has 0 saturated heterocycles. The molecule has 1 saturated carbocycles. The highest BCUT2D eigenvalue weighted by molar-refractivity contribution is 6.43. The lowest BCUT2D eigenvalue weighted by Crippen LogP contribution is -2.43. The van der Waals surface area contributed by atoms with Crippen molar-refractivity contribution in [1.82, 2.24) is 9.80 Å². The van der Waals surface area contributed by atoms with Gasteiger partial charge in [-0.25, -0.2) is 0 Å². The lowest BCUT2D eigenvalue weighted by Gasteiger charge is -2.25. The number of nitrogens with zero attached hydrogens (tertiary/aromatic N) is 2. The topological polar surface area (TPSA) is 57.7 Å². The van der Waals surface area contributed by atoms with Gasteiger partial charge in [-0.1, -0.05) is 53.5 Å². The average Bonchev–Trinajstić information content (AvgIpc) is 3.47. The van der Waals surface area contributed by atoms with E-state index >= 15 is 0 Å². The van der Waals surface area contributed by atoms with Crippen molar-refractivity contribution >= 4 is 40.9 Å². The van der Waals surface area contributed by atoms with E-state index in [2.05, 4.69) is 0 Å². The minimum Gasteiger partial charge on any atom is -0.334 e. The van der Waals surface area contributed by atoms with Crippen LogP contribution in [0.5, 0.6) is 0 Å². The predicted molar refractivity (Wildman–Crippen MR) is 102 cm³/mol. The van der Waals surface area contributed by atoms with Gasteiger partial charge in [0.05, 0.1) is 21.2 Å². The maximum absolute atomic E-state index is 12.9. The monoisotopic (exact) mass is 402 g/mol. The minimum absolute atomic E-state index is 0.164. The largest absolute Gasteiger partial charge is 0.334 e. The molecule has 3 amide bonds. The molecule has 0 radical (unpaired) electrons. The van der Waals surface area contributed by atoms with Gasteiger partial charge in [0.2, 0.25) is 5.91 Å². The van der Waals surface area contributed by atoms with Crippen molar-refractivity contribution in [1.29, 1.82) is 0 Å². The summed E-state index contributed by atoms with van der Waals surface area (Å²) in [6.45, 7) is 0.177. The van der Waals surface area contributed by atoms with Crippen molar-refractivity contribution in [2.24, 2.45) is 0 Å². The van der Waals surface area contributed by atoms with Crippen LogP contribution in [0.25, 0.3) is 0 Å². The molecule has 0 aromatic heterocycles. The molecule has 1 aliphatic heterocycles. The normalized spacial score (nSPS) is 15.9. The van der Waals surface area contributed by atoms with Gasteiger partial charge in [0, 0.05) is 12.6 Å². The van der Waals surface area contributed by atoms with Gasteiger partial charge in [-0.3, -0.25) is 19.3 Å². The quantitative estimate of drug-likeness (QED) is 0.714. The van der Waals surface area contributed by atoms with Crippen LogP contribution < -0.4 is 0 Å². The maximum Gasteiger partial charge on any atom is 0.262 e. The number of carbonyl (C=O) groups is 3. The molecule has 2 aromatic carbocycles. The molecular weight excluding hydrogens is 387 g/mol. The number of rotatable bonds is 5. The third kappa shape index (κ3) is 3.45. The lowest BCUT2D eigenvalue weighted by atomic mass is 10.1. The van der Waals surface area contributed by atoms with Crippen LogP contribution in [-0.2, 0) is 11.3 Å². The second-order valence-corrected chi connectivity index (χ2v) is 7.56. The van der Waals surface area contributed by atoms with Crippen molar-refractivity contribution in [3.05, 3.63) is 69.2 Å². The summed E-state index contributed by atoms with van der Waals surface area (Å²) >= 11 is 11.9. The molecule has 2 aromatic rings. The molecule has 0 spiro atoms. The molecule has 0 N–H and O–H groups in total. The number of hydrogen-bond donors (Lipinski definition) is 0. The van der Waals surface area contributed by atoms with Crippen LogP contribution in [0.15, 0.2) is 42.5 Å². The highest BCUT2D eigenvalue weighted by atomic mass is 35.5. The highest BCUT2D eigenvalue weighted by Crippen LogP contribution is 2.32. The summed E-state index contributed by atoms with van der Waals surface area (Å²) in [6.07, 6.45) is 1.87. The highest BCUT2D eigenvalue weighted by Gasteiger charge is 2.40. The van der Waals surface area contributed by atoms with E-state index in [1.54, 1.807) is 4.90 Å². The van der Waals surface area contributed by atoms with Crippen molar-refractivity contribution in [3.8, 4) is 0 Å². The summed E-state index contributed by atoms with van der Waals surface area (Å²) in [5.74, 6) is -1.28. The Balaban J connectivity index is 1.53. The molecule has 7 heteroatoms. The number of hydrogen-bond acceptors (Lipinski definition) is 3. The first kappa shape index (κ1) is 18.0. The van der Waals surface area contributed by atoms with Crippen LogP contribution in [0.2, 0.25) is 10.0 Å². The molecule has 0 unspecified atom stereocenters. The predicted octanol–water partition coefficient (Wildman–Crippen LogP) is 3.78. The number of amides is 3. The fraction of sp³-hybridized carbons (Fsp3) is 0.250. The van der Waals surface area contributed by atoms with Crippen LogP contribution in [0.3, 0.4) is 0 Å². The minimum atomic E-state index is -0.516. The van der Waals surface area contributed by atoms with E-state index in [1.807, 2.05) is 30.3 Å². The number of benzene rings is 2. The zero-order valence-corrected chi connectivity index (χ0v) is 15.8. The smallest absolute Gasteiger partial charge is 0.262 e. The number of carbonyl (C=O) groups excluding carboxylic acids is 3. The Morgan fingerprint density at radius 2 is 1.56 bits per heavy atom. The first-order valence-electron chi connectivity index (χ1n) is 8.64. The molecule has 2 aliphatic rings. The standard InChI is InChI=1S/C20H16Cl2N2O3/c21-16-8-14-15(9-17(16)22)20(27)24(19(14)26)11-18(25)23(13-6-7-13)10-12-4-2-1-3-5-12/h1-5,8-9,13H,6-7,10-11H2. The lowest BCUT2D eigenvalue weighted by molar-refractivity contribution is -0.132. The van der Waals surface area contributed by atoms with E-state index in [9.17, 15) is 14.4 Å². The Morgan fingerprint density at radius 1 is 1.00 bits per heavy atom. The van der Waals surface area contributed by atoms with Crippen molar-refractivity contribution in [3.63, 3.8) is 0 Å². The van der Waals surface area contributed by atoms with Gasteiger partial charge in [-0.2, -0.15) is 0 Å². The molecule has 138 valence electrons. The van der Waals surface area contributed by atoms with Gasteiger partial charge in [0.25, 0.3) is 11.8 Å².